The molecule has 0 N–H and O–H groups in total. The van der Waals surface area contributed by atoms with Crippen molar-refractivity contribution in [3.63, 3.8) is 0 Å². The van der Waals surface area contributed by atoms with Crippen molar-refractivity contribution in [2.75, 3.05) is 19.8 Å². The molecule has 0 bridgehead atoms. The molecule has 0 radical (unpaired) electrons. The van der Waals surface area contributed by atoms with E-state index >= 15 is 0 Å². The molecule has 1 aliphatic rings. The van der Waals surface area contributed by atoms with E-state index in [1.165, 1.54) is 18.2 Å². The highest BCUT2D eigenvalue weighted by atomic mass is 32.2. The summed E-state index contributed by atoms with van der Waals surface area (Å²) in [6, 6.07) is 11.1. The van der Waals surface area contributed by atoms with Crippen molar-refractivity contribution in [1.82, 2.24) is 4.90 Å². The molecule has 3 rings (SSSR count). The highest BCUT2D eigenvalue weighted by molar-refractivity contribution is 8.18. The number of benzene rings is 2. The second kappa shape index (κ2) is 11.3. The molecule has 2 aromatic carbocycles. The van der Waals surface area contributed by atoms with Gasteiger partial charge in [-0.25, -0.2) is 0 Å². The third-order valence-corrected chi connectivity index (χ3v) is 5.45. The lowest BCUT2D eigenvalue weighted by atomic mass is 10.1. The zero-order chi connectivity index (χ0) is 24.7. The molecule has 0 aromatic heterocycles. The minimum absolute atomic E-state index is 0.0293. The van der Waals surface area contributed by atoms with Gasteiger partial charge in [0.15, 0.2) is 11.5 Å². The molecule has 34 heavy (non-hydrogen) atoms. The minimum Gasteiger partial charge on any atom is -0.490 e. The maximum absolute atomic E-state index is 12.6. The molecule has 0 aliphatic carbocycles. The summed E-state index contributed by atoms with van der Waals surface area (Å²) in [5, 5.41) is 10.4. The van der Waals surface area contributed by atoms with Gasteiger partial charge in [-0.05, 0) is 54.9 Å². The lowest BCUT2D eigenvalue weighted by molar-refractivity contribution is -0.384. The topological polar surface area (TPSA) is 125 Å². The maximum atomic E-state index is 12.6. The van der Waals surface area contributed by atoms with Crippen molar-refractivity contribution < 1.29 is 33.5 Å². The van der Waals surface area contributed by atoms with Crippen LogP contribution in [0.4, 0.5) is 10.5 Å². The highest BCUT2D eigenvalue weighted by Gasteiger charge is 2.36. The van der Waals surface area contributed by atoms with Crippen LogP contribution in [-0.4, -0.2) is 46.7 Å². The van der Waals surface area contributed by atoms with Gasteiger partial charge in [0.1, 0.15) is 13.2 Å². The normalized spacial score (nSPS) is 14.4. The number of rotatable bonds is 10. The fourth-order valence-corrected chi connectivity index (χ4v) is 3.88. The van der Waals surface area contributed by atoms with Gasteiger partial charge in [-0.1, -0.05) is 18.2 Å². The first kappa shape index (κ1) is 24.8. The Hall–Kier alpha value is -3.86. The summed E-state index contributed by atoms with van der Waals surface area (Å²) < 4.78 is 16.3. The van der Waals surface area contributed by atoms with Crippen LogP contribution in [0.25, 0.3) is 6.08 Å². The van der Waals surface area contributed by atoms with Crippen molar-refractivity contribution in [1.29, 1.82) is 0 Å². The van der Waals surface area contributed by atoms with Crippen molar-refractivity contribution in [2.24, 2.45) is 0 Å². The molecule has 0 saturated carbocycles. The molecule has 2 aromatic rings. The van der Waals surface area contributed by atoms with Crippen molar-refractivity contribution in [2.45, 2.75) is 20.5 Å². The summed E-state index contributed by atoms with van der Waals surface area (Å²) >= 11 is 0.735. The van der Waals surface area contributed by atoms with E-state index in [0.29, 0.717) is 29.2 Å². The van der Waals surface area contributed by atoms with Gasteiger partial charge in [0, 0.05) is 12.1 Å². The van der Waals surface area contributed by atoms with Crippen LogP contribution in [0.5, 0.6) is 11.5 Å². The Kier molecular flexibility index (Phi) is 8.25. The fraction of sp³-hybridized carbons (Fsp3) is 0.261. The smallest absolute Gasteiger partial charge is 0.326 e. The third-order valence-electron chi connectivity index (χ3n) is 4.55. The van der Waals surface area contributed by atoms with E-state index in [2.05, 4.69) is 0 Å². The lowest BCUT2D eigenvalue weighted by Crippen LogP contribution is -2.34. The highest BCUT2D eigenvalue weighted by Crippen LogP contribution is 2.35. The number of nitrogens with zero attached hydrogens (tertiary/aromatic N) is 2. The van der Waals surface area contributed by atoms with E-state index in [4.69, 9.17) is 14.2 Å². The Bertz CT molecular complexity index is 1150. The van der Waals surface area contributed by atoms with Gasteiger partial charge < -0.3 is 14.2 Å². The van der Waals surface area contributed by atoms with E-state index < -0.39 is 28.6 Å². The number of non-ortho nitro benzene ring substituents is 1. The summed E-state index contributed by atoms with van der Waals surface area (Å²) in [6.07, 6.45) is 1.53. The summed E-state index contributed by atoms with van der Waals surface area (Å²) in [5.74, 6) is -0.407. The molecule has 10 nitrogen and oxygen atoms in total. The predicted molar refractivity (Wildman–Crippen MR) is 124 cm³/mol. The Morgan fingerprint density at radius 3 is 2.59 bits per heavy atom. The average molecular weight is 487 g/mol. The van der Waals surface area contributed by atoms with Gasteiger partial charge in [-0.2, -0.15) is 0 Å². The van der Waals surface area contributed by atoms with Gasteiger partial charge in [-0.3, -0.25) is 29.4 Å². The molecule has 2 amide bonds. The van der Waals surface area contributed by atoms with Crippen LogP contribution in [0.1, 0.15) is 25.0 Å². The van der Waals surface area contributed by atoms with Crippen molar-refractivity contribution >= 4 is 40.6 Å². The molecule has 0 unspecified atom stereocenters. The maximum Gasteiger partial charge on any atom is 0.326 e. The second-order valence-corrected chi connectivity index (χ2v) is 7.92. The van der Waals surface area contributed by atoms with Gasteiger partial charge in [0.05, 0.1) is 23.0 Å². The molecular formula is C23H22N2O8S. The van der Waals surface area contributed by atoms with Crippen LogP contribution in [0.2, 0.25) is 0 Å². The van der Waals surface area contributed by atoms with Crippen LogP contribution < -0.4 is 9.47 Å². The Labute approximate surface area is 199 Å². The minimum atomic E-state index is -0.657. The van der Waals surface area contributed by atoms with Crippen molar-refractivity contribution in [3.05, 3.63) is 68.6 Å². The van der Waals surface area contributed by atoms with Crippen molar-refractivity contribution in [3.8, 4) is 11.5 Å². The summed E-state index contributed by atoms with van der Waals surface area (Å²) in [7, 11) is 0. The average Bonchev–Trinajstić information content (AvgIpc) is 3.06. The van der Waals surface area contributed by atoms with Gasteiger partial charge >= 0.3 is 5.97 Å². The number of esters is 1. The number of amides is 2. The number of thioether (sulfide) groups is 1. The van der Waals surface area contributed by atoms with Crippen LogP contribution in [-0.2, 0) is 20.9 Å². The molecule has 1 aliphatic heterocycles. The lowest BCUT2D eigenvalue weighted by Gasteiger charge is -2.13. The second-order valence-electron chi connectivity index (χ2n) is 6.93. The third kappa shape index (κ3) is 6.13. The summed E-state index contributed by atoms with van der Waals surface area (Å²) in [6.45, 7) is 3.60. The number of hydrogen-bond acceptors (Lipinski definition) is 9. The monoisotopic (exact) mass is 486 g/mol. The zero-order valence-corrected chi connectivity index (χ0v) is 19.3. The number of hydrogen-bond donors (Lipinski definition) is 0. The molecule has 1 fully saturated rings. The number of ether oxygens (including phenoxy) is 3. The predicted octanol–water partition coefficient (Wildman–Crippen LogP) is 4.17. The number of nitro benzene ring substituents is 1. The summed E-state index contributed by atoms with van der Waals surface area (Å²) in [4.78, 5) is 47.9. The zero-order valence-electron chi connectivity index (χ0n) is 18.5. The van der Waals surface area contributed by atoms with E-state index in [0.717, 1.165) is 16.7 Å². The first-order valence-electron chi connectivity index (χ1n) is 10.4. The van der Waals surface area contributed by atoms with E-state index in [1.807, 2.05) is 0 Å². The molecule has 1 saturated heterocycles. The van der Waals surface area contributed by atoms with Crippen LogP contribution in [0.3, 0.4) is 0 Å². The number of carbonyl (C=O) groups excluding carboxylic acids is 3. The Morgan fingerprint density at radius 1 is 1.09 bits per heavy atom. The molecule has 0 spiro atoms. The molecule has 178 valence electrons. The number of imide groups is 1. The first-order chi connectivity index (χ1) is 16.3. The fourth-order valence-electron chi connectivity index (χ4n) is 3.05. The molecular weight excluding hydrogens is 464 g/mol. The molecule has 0 atom stereocenters. The van der Waals surface area contributed by atoms with Crippen LogP contribution in [0, 0.1) is 10.1 Å². The Balaban J connectivity index is 1.76. The van der Waals surface area contributed by atoms with Crippen LogP contribution >= 0.6 is 11.8 Å². The molecule has 11 heteroatoms. The number of nitro groups is 1. The van der Waals surface area contributed by atoms with Gasteiger partial charge in [0.25, 0.3) is 16.8 Å². The standard InChI is InChI=1S/C23H22N2O8S/c1-3-31-19-11-15(12-20-22(27)24(23(28)34-20)13-21(26)32-4-2)8-9-18(19)33-14-16-6-5-7-17(10-16)25(29)30/h5-12H,3-4,13-14H2,1-2H3/b20-12+. The molecule has 1 heterocycles. The SMILES string of the molecule is CCOC(=O)CN1C(=O)S/C(=C/c2ccc(OCc3cccc([N+](=O)[O-])c3)c(OCC)c2)C1=O. The summed E-state index contributed by atoms with van der Waals surface area (Å²) in [5.41, 5.74) is 1.18. The number of carbonyl (C=O) groups is 3. The van der Waals surface area contributed by atoms with Crippen LogP contribution in [0.15, 0.2) is 47.4 Å². The van der Waals surface area contributed by atoms with E-state index in [9.17, 15) is 24.5 Å². The largest absolute Gasteiger partial charge is 0.490 e. The first-order valence-corrected chi connectivity index (χ1v) is 11.2. The van der Waals surface area contributed by atoms with Gasteiger partial charge in [-0.15, -0.1) is 0 Å². The van der Waals surface area contributed by atoms with E-state index in [-0.39, 0.29) is 23.8 Å². The van der Waals surface area contributed by atoms with E-state index in [1.54, 1.807) is 44.2 Å². The quantitative estimate of drug-likeness (QED) is 0.210. The van der Waals surface area contributed by atoms with Gasteiger partial charge in [0.2, 0.25) is 0 Å². The Morgan fingerprint density at radius 2 is 1.88 bits per heavy atom.